The molecule has 6 nitrogen and oxygen atoms in total. The summed E-state index contributed by atoms with van der Waals surface area (Å²) in [6.45, 7) is 6.47. The van der Waals surface area contributed by atoms with E-state index in [1.165, 1.54) is 0 Å². The van der Waals surface area contributed by atoms with Gasteiger partial charge < -0.3 is 19.1 Å². The first-order chi connectivity index (χ1) is 11.8. The van der Waals surface area contributed by atoms with Crippen molar-refractivity contribution < 1.29 is 19.0 Å². The molecule has 1 aliphatic rings. The Bertz CT molecular complexity index is 797. The second-order valence-corrected chi connectivity index (χ2v) is 7.35. The molecule has 0 N–H and O–H groups in total. The topological polar surface area (TPSA) is 60.9 Å². The molecule has 0 atom stereocenters. The van der Waals surface area contributed by atoms with Gasteiger partial charge in [0.05, 0.1) is 30.7 Å². The van der Waals surface area contributed by atoms with Crippen molar-refractivity contribution in [3.05, 3.63) is 29.4 Å². The second kappa shape index (κ2) is 6.59. The molecule has 1 aliphatic heterocycles. The van der Waals surface area contributed by atoms with Gasteiger partial charge in [-0.15, -0.1) is 0 Å². The molecule has 3 rings (SSSR count). The third-order valence-electron chi connectivity index (χ3n) is 3.77. The molecule has 2 aromatic rings. The van der Waals surface area contributed by atoms with Gasteiger partial charge in [0.2, 0.25) is 0 Å². The first-order valence-corrected chi connectivity index (χ1v) is 8.41. The van der Waals surface area contributed by atoms with Crippen molar-refractivity contribution in [2.45, 2.75) is 32.5 Å². The predicted octanol–water partition coefficient (Wildman–Crippen LogP) is 3.89. The molecular weight excluding hydrogens is 344 g/mol. The SMILES string of the molecule is COc1cc2nccc(Cl)c2cc1OC1CN(C(=O)OC(C)(C)C)C1. The van der Waals surface area contributed by atoms with E-state index < -0.39 is 5.60 Å². The molecule has 1 fully saturated rings. The second-order valence-electron chi connectivity index (χ2n) is 6.94. The highest BCUT2D eigenvalue weighted by Crippen LogP contribution is 2.35. The smallest absolute Gasteiger partial charge is 0.410 e. The Morgan fingerprint density at radius 1 is 1.28 bits per heavy atom. The number of nitrogens with zero attached hydrogens (tertiary/aromatic N) is 2. The van der Waals surface area contributed by atoms with Crippen LogP contribution in [0.4, 0.5) is 4.79 Å². The highest BCUT2D eigenvalue weighted by atomic mass is 35.5. The molecule has 1 amide bonds. The Hall–Kier alpha value is -2.21. The highest BCUT2D eigenvalue weighted by Gasteiger charge is 2.35. The largest absolute Gasteiger partial charge is 0.493 e. The van der Waals surface area contributed by atoms with Gasteiger partial charge in [0, 0.05) is 17.6 Å². The number of methoxy groups -OCH3 is 1. The number of amides is 1. The molecule has 1 saturated heterocycles. The summed E-state index contributed by atoms with van der Waals surface area (Å²) >= 11 is 6.23. The van der Waals surface area contributed by atoms with Crippen LogP contribution in [0.15, 0.2) is 24.4 Å². The quantitative estimate of drug-likeness (QED) is 0.826. The van der Waals surface area contributed by atoms with E-state index in [9.17, 15) is 4.79 Å². The van der Waals surface area contributed by atoms with E-state index in [1.807, 2.05) is 26.8 Å². The zero-order valence-electron chi connectivity index (χ0n) is 14.7. The summed E-state index contributed by atoms with van der Waals surface area (Å²) in [6, 6.07) is 5.34. The van der Waals surface area contributed by atoms with E-state index in [0.29, 0.717) is 29.6 Å². The van der Waals surface area contributed by atoms with E-state index in [0.717, 1.165) is 10.9 Å². The van der Waals surface area contributed by atoms with Crippen LogP contribution in [0.5, 0.6) is 11.5 Å². The van der Waals surface area contributed by atoms with Gasteiger partial charge in [-0.1, -0.05) is 11.6 Å². The van der Waals surface area contributed by atoms with Crippen LogP contribution in [0.2, 0.25) is 5.02 Å². The monoisotopic (exact) mass is 364 g/mol. The van der Waals surface area contributed by atoms with Gasteiger partial charge >= 0.3 is 6.09 Å². The van der Waals surface area contributed by atoms with Crippen molar-refractivity contribution in [3.8, 4) is 11.5 Å². The lowest BCUT2D eigenvalue weighted by Crippen LogP contribution is -2.57. The molecule has 0 unspecified atom stereocenters. The summed E-state index contributed by atoms with van der Waals surface area (Å²) in [5, 5.41) is 1.39. The first-order valence-electron chi connectivity index (χ1n) is 8.03. The Labute approximate surface area is 151 Å². The van der Waals surface area contributed by atoms with Gasteiger partial charge in [-0.3, -0.25) is 4.98 Å². The molecule has 0 bridgehead atoms. The Kier molecular flexibility index (Phi) is 4.64. The maximum absolute atomic E-state index is 12.0. The number of ether oxygens (including phenoxy) is 3. The summed E-state index contributed by atoms with van der Waals surface area (Å²) in [6.07, 6.45) is 1.20. The van der Waals surface area contributed by atoms with Gasteiger partial charge in [0.15, 0.2) is 11.5 Å². The standard InChI is InChI=1S/C18H21ClN2O4/c1-18(2,3)25-17(22)21-9-11(10-21)24-16-7-12-13(19)5-6-20-14(12)8-15(16)23-4/h5-8,11H,9-10H2,1-4H3. The molecular formula is C18H21ClN2O4. The highest BCUT2D eigenvalue weighted by molar-refractivity contribution is 6.35. The van der Waals surface area contributed by atoms with Crippen LogP contribution in [-0.4, -0.2) is 47.9 Å². The number of hydrogen-bond acceptors (Lipinski definition) is 5. The van der Waals surface area contributed by atoms with Crippen LogP contribution >= 0.6 is 11.6 Å². The Morgan fingerprint density at radius 2 is 2.00 bits per heavy atom. The Balaban J connectivity index is 1.70. The molecule has 7 heteroatoms. The van der Waals surface area contributed by atoms with Gasteiger partial charge in [-0.25, -0.2) is 4.79 Å². The van der Waals surface area contributed by atoms with Crippen molar-refractivity contribution in [2.24, 2.45) is 0 Å². The molecule has 1 aromatic carbocycles. The number of fused-ring (bicyclic) bond motifs is 1. The lowest BCUT2D eigenvalue weighted by molar-refractivity contribution is -0.0225. The van der Waals surface area contributed by atoms with Crippen molar-refractivity contribution in [3.63, 3.8) is 0 Å². The number of aromatic nitrogens is 1. The number of hydrogen-bond donors (Lipinski definition) is 0. The lowest BCUT2D eigenvalue weighted by atomic mass is 10.1. The summed E-state index contributed by atoms with van der Waals surface area (Å²) in [4.78, 5) is 17.9. The maximum Gasteiger partial charge on any atom is 0.410 e. The zero-order chi connectivity index (χ0) is 18.2. The van der Waals surface area contributed by atoms with E-state index in [4.69, 9.17) is 25.8 Å². The average molecular weight is 365 g/mol. The van der Waals surface area contributed by atoms with Gasteiger partial charge in [-0.2, -0.15) is 0 Å². The van der Waals surface area contributed by atoms with Crippen LogP contribution in [0.1, 0.15) is 20.8 Å². The van der Waals surface area contributed by atoms with Crippen molar-refractivity contribution >= 4 is 28.6 Å². The third kappa shape index (κ3) is 3.90. The molecule has 134 valence electrons. The van der Waals surface area contributed by atoms with Crippen molar-refractivity contribution in [2.75, 3.05) is 20.2 Å². The fourth-order valence-electron chi connectivity index (χ4n) is 2.54. The number of carbonyl (C=O) groups is 1. The number of rotatable bonds is 3. The van der Waals surface area contributed by atoms with Crippen molar-refractivity contribution in [1.29, 1.82) is 0 Å². The minimum atomic E-state index is -0.506. The van der Waals surface area contributed by atoms with E-state index in [1.54, 1.807) is 30.3 Å². The van der Waals surface area contributed by atoms with Crippen LogP contribution in [0, 0.1) is 0 Å². The number of benzene rings is 1. The minimum absolute atomic E-state index is 0.116. The fraction of sp³-hybridized carbons (Fsp3) is 0.444. The third-order valence-corrected chi connectivity index (χ3v) is 4.10. The number of likely N-dealkylation sites (tertiary alicyclic amines) is 1. The van der Waals surface area contributed by atoms with E-state index in [2.05, 4.69) is 4.98 Å². The zero-order valence-corrected chi connectivity index (χ0v) is 15.5. The molecule has 2 heterocycles. The summed E-state index contributed by atoms with van der Waals surface area (Å²) in [7, 11) is 1.58. The number of pyridine rings is 1. The van der Waals surface area contributed by atoms with Crippen molar-refractivity contribution in [1.82, 2.24) is 9.88 Å². The molecule has 25 heavy (non-hydrogen) atoms. The predicted molar refractivity (Wildman–Crippen MR) is 95.5 cm³/mol. The minimum Gasteiger partial charge on any atom is -0.493 e. The van der Waals surface area contributed by atoms with Crippen LogP contribution in [0.25, 0.3) is 10.9 Å². The molecule has 0 spiro atoms. The number of carbonyl (C=O) groups excluding carboxylic acids is 1. The molecule has 0 aliphatic carbocycles. The first kappa shape index (κ1) is 17.6. The van der Waals surface area contributed by atoms with E-state index >= 15 is 0 Å². The fourth-order valence-corrected chi connectivity index (χ4v) is 2.75. The molecule has 0 saturated carbocycles. The summed E-state index contributed by atoms with van der Waals surface area (Å²) in [5.41, 5.74) is 0.231. The van der Waals surface area contributed by atoms with E-state index in [-0.39, 0.29) is 12.2 Å². The van der Waals surface area contributed by atoms with Crippen LogP contribution in [-0.2, 0) is 4.74 Å². The summed E-state index contributed by atoms with van der Waals surface area (Å²) < 4.78 is 16.7. The van der Waals surface area contributed by atoms with Crippen LogP contribution < -0.4 is 9.47 Å². The van der Waals surface area contributed by atoms with Gasteiger partial charge in [0.25, 0.3) is 0 Å². The maximum atomic E-state index is 12.0. The van der Waals surface area contributed by atoms with Gasteiger partial charge in [-0.05, 0) is 32.9 Å². The van der Waals surface area contributed by atoms with Gasteiger partial charge in [0.1, 0.15) is 11.7 Å². The lowest BCUT2D eigenvalue weighted by Gasteiger charge is -2.39. The van der Waals surface area contributed by atoms with Crippen LogP contribution in [0.3, 0.4) is 0 Å². The molecule has 0 radical (unpaired) electrons. The molecule has 1 aromatic heterocycles. The summed E-state index contributed by atoms with van der Waals surface area (Å²) in [5.74, 6) is 1.16. The average Bonchev–Trinajstić information content (AvgIpc) is 2.48. The Morgan fingerprint density at radius 3 is 2.64 bits per heavy atom. The normalized spacial score (nSPS) is 15.0. The number of halogens is 1.